The highest BCUT2D eigenvalue weighted by Gasteiger charge is 2.06. The topological polar surface area (TPSA) is 32.3 Å². The third kappa shape index (κ3) is 7.16. The van der Waals surface area contributed by atoms with Crippen molar-refractivity contribution in [1.82, 2.24) is 4.90 Å². The van der Waals surface area contributed by atoms with Crippen LogP contribution in [0.15, 0.2) is 24.3 Å². The fourth-order valence-corrected chi connectivity index (χ4v) is 2.33. The Morgan fingerprint density at radius 2 is 1.76 bits per heavy atom. The number of benzene rings is 1. The van der Waals surface area contributed by atoms with Gasteiger partial charge in [-0.3, -0.25) is 4.79 Å². The van der Waals surface area contributed by atoms with Crippen molar-refractivity contribution < 1.29 is 4.79 Å². The largest absolute Gasteiger partial charge is 0.385 e. The summed E-state index contributed by atoms with van der Waals surface area (Å²) < 4.78 is 0. The predicted molar refractivity (Wildman–Crippen MR) is 90.5 cm³/mol. The smallest absolute Gasteiger partial charge is 0.219 e. The van der Waals surface area contributed by atoms with E-state index in [9.17, 15) is 4.79 Å². The van der Waals surface area contributed by atoms with E-state index in [1.54, 1.807) is 11.8 Å². The second-order valence-corrected chi connectivity index (χ2v) is 5.73. The first-order chi connectivity index (χ1) is 10.1. The Morgan fingerprint density at radius 3 is 2.48 bits per heavy atom. The summed E-state index contributed by atoms with van der Waals surface area (Å²) >= 11 is 0. The Labute approximate surface area is 129 Å². The summed E-state index contributed by atoms with van der Waals surface area (Å²) in [5, 5.41) is 3.51. The summed E-state index contributed by atoms with van der Waals surface area (Å²) in [4.78, 5) is 13.1. The maximum Gasteiger partial charge on any atom is 0.219 e. The van der Waals surface area contributed by atoms with Crippen molar-refractivity contribution in [2.75, 3.05) is 18.9 Å². The van der Waals surface area contributed by atoms with Crippen LogP contribution in [0, 0.1) is 0 Å². The summed E-state index contributed by atoms with van der Waals surface area (Å²) in [5.74, 6) is 0.0979. The van der Waals surface area contributed by atoms with Crippen LogP contribution in [0.3, 0.4) is 0 Å². The van der Waals surface area contributed by atoms with E-state index in [-0.39, 0.29) is 5.91 Å². The molecule has 3 heteroatoms. The second-order valence-electron chi connectivity index (χ2n) is 5.73. The molecule has 118 valence electrons. The van der Waals surface area contributed by atoms with Gasteiger partial charge >= 0.3 is 0 Å². The number of hydrogen-bond acceptors (Lipinski definition) is 2. The molecule has 0 aliphatic carbocycles. The molecule has 0 aliphatic heterocycles. The van der Waals surface area contributed by atoms with E-state index in [0.29, 0.717) is 6.54 Å². The molecule has 0 aromatic heterocycles. The summed E-state index contributed by atoms with van der Waals surface area (Å²) in [6.45, 7) is 5.52. The Morgan fingerprint density at radius 1 is 1.10 bits per heavy atom. The van der Waals surface area contributed by atoms with Gasteiger partial charge in [0.2, 0.25) is 5.91 Å². The number of rotatable bonds is 10. The molecule has 1 rings (SSSR count). The van der Waals surface area contributed by atoms with Crippen LogP contribution in [0.4, 0.5) is 5.69 Å². The minimum absolute atomic E-state index is 0.0979. The van der Waals surface area contributed by atoms with Crippen LogP contribution < -0.4 is 5.32 Å². The lowest BCUT2D eigenvalue weighted by atomic mass is 10.1. The molecule has 1 amide bonds. The number of carbonyl (C=O) groups is 1. The molecule has 3 nitrogen and oxygen atoms in total. The Hall–Kier alpha value is -1.51. The lowest BCUT2D eigenvalue weighted by molar-refractivity contribution is -0.128. The highest BCUT2D eigenvalue weighted by molar-refractivity contribution is 5.73. The molecular weight excluding hydrogens is 260 g/mol. The van der Waals surface area contributed by atoms with Crippen molar-refractivity contribution in [3.8, 4) is 0 Å². The Balaban J connectivity index is 2.35. The fraction of sp³-hybridized carbons (Fsp3) is 0.611. The average molecular weight is 290 g/mol. The zero-order valence-electron chi connectivity index (χ0n) is 13.8. The zero-order valence-corrected chi connectivity index (χ0v) is 13.8. The van der Waals surface area contributed by atoms with Gasteiger partial charge in [-0.1, -0.05) is 57.2 Å². The minimum atomic E-state index is 0.0979. The predicted octanol–water partition coefficient (Wildman–Crippen LogP) is 4.44. The van der Waals surface area contributed by atoms with Crippen molar-refractivity contribution >= 4 is 11.6 Å². The van der Waals surface area contributed by atoms with Gasteiger partial charge in [-0.05, 0) is 18.1 Å². The molecule has 0 saturated carbocycles. The van der Waals surface area contributed by atoms with Gasteiger partial charge in [-0.2, -0.15) is 0 Å². The summed E-state index contributed by atoms with van der Waals surface area (Å²) in [7, 11) is 1.84. The quantitative estimate of drug-likeness (QED) is 0.646. The number of hydrogen-bond donors (Lipinski definition) is 1. The minimum Gasteiger partial charge on any atom is -0.385 e. The molecule has 0 spiro atoms. The molecule has 1 N–H and O–H groups in total. The van der Waals surface area contributed by atoms with Gasteiger partial charge < -0.3 is 10.2 Å². The van der Waals surface area contributed by atoms with Gasteiger partial charge in [0.05, 0.1) is 0 Å². The molecule has 0 unspecified atom stereocenters. The van der Waals surface area contributed by atoms with Gasteiger partial charge in [-0.25, -0.2) is 0 Å². The van der Waals surface area contributed by atoms with E-state index in [4.69, 9.17) is 0 Å². The van der Waals surface area contributed by atoms with Gasteiger partial charge in [0, 0.05) is 32.7 Å². The van der Waals surface area contributed by atoms with Crippen LogP contribution in [-0.2, 0) is 11.3 Å². The average Bonchev–Trinajstić information content (AvgIpc) is 2.47. The van der Waals surface area contributed by atoms with E-state index >= 15 is 0 Å². The molecule has 0 saturated heterocycles. The fourth-order valence-electron chi connectivity index (χ4n) is 2.33. The summed E-state index contributed by atoms with van der Waals surface area (Å²) in [6, 6.07) is 8.25. The normalized spacial score (nSPS) is 10.4. The Bertz CT molecular complexity index is 417. The first kappa shape index (κ1) is 17.5. The number of nitrogens with one attached hydrogen (secondary N) is 1. The van der Waals surface area contributed by atoms with Crippen LogP contribution in [0.2, 0.25) is 0 Å². The van der Waals surface area contributed by atoms with E-state index in [0.717, 1.165) is 12.2 Å². The molecule has 0 atom stereocenters. The molecular formula is C18H30N2O. The number of anilines is 1. The van der Waals surface area contributed by atoms with Gasteiger partial charge in [0.1, 0.15) is 0 Å². The van der Waals surface area contributed by atoms with E-state index in [1.807, 2.05) is 19.2 Å². The van der Waals surface area contributed by atoms with Crippen LogP contribution in [0.1, 0.15) is 57.9 Å². The van der Waals surface area contributed by atoms with Gasteiger partial charge in [-0.15, -0.1) is 0 Å². The summed E-state index contributed by atoms with van der Waals surface area (Å²) in [5.41, 5.74) is 2.33. The van der Waals surface area contributed by atoms with E-state index in [2.05, 4.69) is 24.4 Å². The lowest BCUT2D eigenvalue weighted by Crippen LogP contribution is -2.23. The standard InChI is InChI=1S/C18H30N2O/c1-4-5-6-7-8-11-14-19-18-13-10-9-12-17(18)15-20(3)16(2)21/h9-10,12-13,19H,4-8,11,14-15H2,1-3H3. The molecule has 0 aliphatic rings. The van der Waals surface area contributed by atoms with Gasteiger partial charge in [0.25, 0.3) is 0 Å². The molecule has 0 bridgehead atoms. The molecule has 0 fully saturated rings. The molecule has 0 heterocycles. The van der Waals surface area contributed by atoms with Crippen LogP contribution in [0.5, 0.6) is 0 Å². The van der Waals surface area contributed by atoms with E-state index < -0.39 is 0 Å². The van der Waals surface area contributed by atoms with Gasteiger partial charge in [0.15, 0.2) is 0 Å². The summed E-state index contributed by atoms with van der Waals surface area (Å²) in [6.07, 6.45) is 7.85. The highest BCUT2D eigenvalue weighted by Crippen LogP contribution is 2.17. The van der Waals surface area contributed by atoms with Crippen molar-refractivity contribution in [2.45, 2.75) is 58.9 Å². The molecule has 21 heavy (non-hydrogen) atoms. The maximum absolute atomic E-state index is 11.4. The first-order valence-electron chi connectivity index (χ1n) is 8.18. The third-order valence-electron chi connectivity index (χ3n) is 3.81. The molecule has 1 aromatic rings. The van der Waals surface area contributed by atoms with Crippen LogP contribution in [-0.4, -0.2) is 24.4 Å². The maximum atomic E-state index is 11.4. The number of carbonyl (C=O) groups excluding carboxylic acids is 1. The second kappa shape index (κ2) is 10.3. The number of para-hydroxylation sites is 1. The van der Waals surface area contributed by atoms with E-state index in [1.165, 1.54) is 44.1 Å². The molecule has 0 radical (unpaired) electrons. The van der Waals surface area contributed by atoms with Crippen LogP contribution >= 0.6 is 0 Å². The number of nitrogens with zero attached hydrogens (tertiary/aromatic N) is 1. The Kier molecular flexibility index (Phi) is 8.56. The zero-order chi connectivity index (χ0) is 15.5. The van der Waals surface area contributed by atoms with Crippen molar-refractivity contribution in [3.05, 3.63) is 29.8 Å². The first-order valence-corrected chi connectivity index (χ1v) is 8.18. The molecule has 1 aromatic carbocycles. The third-order valence-corrected chi connectivity index (χ3v) is 3.81. The van der Waals surface area contributed by atoms with Crippen molar-refractivity contribution in [1.29, 1.82) is 0 Å². The monoisotopic (exact) mass is 290 g/mol. The number of amides is 1. The number of unbranched alkanes of at least 4 members (excludes halogenated alkanes) is 5. The highest BCUT2D eigenvalue weighted by atomic mass is 16.2. The van der Waals surface area contributed by atoms with Crippen LogP contribution in [0.25, 0.3) is 0 Å². The van der Waals surface area contributed by atoms with Crippen molar-refractivity contribution in [2.24, 2.45) is 0 Å². The van der Waals surface area contributed by atoms with Crippen molar-refractivity contribution in [3.63, 3.8) is 0 Å². The SMILES string of the molecule is CCCCCCCCNc1ccccc1CN(C)C(C)=O. The lowest BCUT2D eigenvalue weighted by Gasteiger charge is -2.18.